The molecule has 0 aliphatic rings. The molecule has 0 spiro atoms. The van der Waals surface area contributed by atoms with Crippen LogP contribution in [0.5, 0.6) is 5.75 Å². The van der Waals surface area contributed by atoms with Crippen LogP contribution in [-0.4, -0.2) is 25.0 Å². The average Bonchev–Trinajstić information content (AvgIpc) is 2.45. The lowest BCUT2D eigenvalue weighted by Crippen LogP contribution is -2.27. The van der Waals surface area contributed by atoms with Crippen LogP contribution in [0.25, 0.3) is 0 Å². The molecule has 98 valence electrons. The first kappa shape index (κ1) is 13.4. The number of methoxy groups -OCH3 is 1. The van der Waals surface area contributed by atoms with Gasteiger partial charge in [0.2, 0.25) is 0 Å². The first-order valence-electron chi connectivity index (χ1n) is 5.65. The van der Waals surface area contributed by atoms with Gasteiger partial charge in [0.15, 0.2) is 0 Å². The van der Waals surface area contributed by atoms with Gasteiger partial charge in [0.1, 0.15) is 11.4 Å². The smallest absolute Gasteiger partial charge is 0.276 e. The Morgan fingerprint density at radius 1 is 1.32 bits per heavy atom. The van der Waals surface area contributed by atoms with Crippen molar-refractivity contribution in [3.8, 4) is 5.75 Å². The van der Waals surface area contributed by atoms with Crippen LogP contribution in [0.1, 0.15) is 10.5 Å². The fourth-order valence-electron chi connectivity index (χ4n) is 1.63. The number of aromatic nitrogens is 1. The fraction of sp³-hybridized carbons (Fsp3) is 0.143. The van der Waals surface area contributed by atoms with Crippen LogP contribution in [0.4, 0.5) is 5.69 Å². The van der Waals surface area contributed by atoms with Gasteiger partial charge in [-0.3, -0.25) is 9.78 Å². The van der Waals surface area contributed by atoms with E-state index in [4.69, 9.17) is 16.3 Å². The number of rotatable bonds is 3. The summed E-state index contributed by atoms with van der Waals surface area (Å²) in [5.74, 6) is 0.465. The minimum Gasteiger partial charge on any atom is -0.497 e. The summed E-state index contributed by atoms with van der Waals surface area (Å²) < 4.78 is 5.13. The molecule has 0 aliphatic heterocycles. The quantitative estimate of drug-likeness (QED) is 0.865. The van der Waals surface area contributed by atoms with Crippen molar-refractivity contribution in [2.45, 2.75) is 0 Å². The third kappa shape index (κ3) is 3.03. The molecule has 1 aromatic heterocycles. The second-order valence-electron chi connectivity index (χ2n) is 3.92. The predicted molar refractivity (Wildman–Crippen MR) is 75.0 cm³/mol. The molecule has 0 radical (unpaired) electrons. The van der Waals surface area contributed by atoms with Crippen molar-refractivity contribution in [2.75, 3.05) is 19.1 Å². The highest BCUT2D eigenvalue weighted by Crippen LogP contribution is 2.21. The molecule has 0 saturated heterocycles. The van der Waals surface area contributed by atoms with Gasteiger partial charge in [-0.15, -0.1) is 0 Å². The number of halogens is 1. The molecule has 1 heterocycles. The molecule has 0 aliphatic carbocycles. The van der Waals surface area contributed by atoms with Crippen molar-refractivity contribution in [1.29, 1.82) is 0 Å². The first-order valence-corrected chi connectivity index (χ1v) is 6.03. The zero-order chi connectivity index (χ0) is 13.8. The Kier molecular flexibility index (Phi) is 4.02. The van der Waals surface area contributed by atoms with Crippen molar-refractivity contribution < 1.29 is 9.53 Å². The Balaban J connectivity index is 2.28. The second-order valence-corrected chi connectivity index (χ2v) is 4.36. The summed E-state index contributed by atoms with van der Waals surface area (Å²) in [6.45, 7) is 0. The zero-order valence-corrected chi connectivity index (χ0v) is 11.4. The van der Waals surface area contributed by atoms with Gasteiger partial charge < -0.3 is 9.64 Å². The van der Waals surface area contributed by atoms with Crippen LogP contribution < -0.4 is 9.64 Å². The molecule has 1 amide bonds. The highest BCUT2D eigenvalue weighted by molar-refractivity contribution is 6.31. The molecule has 4 nitrogen and oxygen atoms in total. The standard InChI is InChI=1S/C14H13ClN2O2/c1-17(11-4-3-5-12(9-11)19-2)14(18)13-8-10(15)6-7-16-13/h3-9H,1-2H3. The average molecular weight is 277 g/mol. The Morgan fingerprint density at radius 2 is 2.11 bits per heavy atom. The van der Waals surface area contributed by atoms with E-state index in [0.29, 0.717) is 16.5 Å². The number of carbonyl (C=O) groups is 1. The topological polar surface area (TPSA) is 42.4 Å². The summed E-state index contributed by atoms with van der Waals surface area (Å²) in [5.41, 5.74) is 1.03. The van der Waals surface area contributed by atoms with Crippen molar-refractivity contribution in [3.05, 3.63) is 53.3 Å². The van der Waals surface area contributed by atoms with Gasteiger partial charge in [0.05, 0.1) is 7.11 Å². The van der Waals surface area contributed by atoms with Crippen molar-refractivity contribution in [2.24, 2.45) is 0 Å². The van der Waals surface area contributed by atoms with E-state index in [2.05, 4.69) is 4.98 Å². The van der Waals surface area contributed by atoms with Gasteiger partial charge in [-0.2, -0.15) is 0 Å². The van der Waals surface area contributed by atoms with Gasteiger partial charge in [-0.05, 0) is 24.3 Å². The maximum atomic E-state index is 12.3. The normalized spacial score (nSPS) is 10.1. The van der Waals surface area contributed by atoms with Crippen molar-refractivity contribution >= 4 is 23.2 Å². The van der Waals surface area contributed by atoms with E-state index in [1.165, 1.54) is 11.1 Å². The SMILES string of the molecule is COc1cccc(N(C)C(=O)c2cc(Cl)ccn2)c1. The van der Waals surface area contributed by atoms with Crippen molar-refractivity contribution in [1.82, 2.24) is 4.98 Å². The first-order chi connectivity index (χ1) is 9.11. The number of amides is 1. The van der Waals surface area contributed by atoms with Crippen LogP contribution in [0.2, 0.25) is 5.02 Å². The highest BCUT2D eigenvalue weighted by Gasteiger charge is 2.15. The number of hydrogen-bond donors (Lipinski definition) is 0. The summed E-state index contributed by atoms with van der Waals surface area (Å²) in [7, 11) is 3.26. The molecule has 19 heavy (non-hydrogen) atoms. The van der Waals surface area contributed by atoms with Crippen LogP contribution in [-0.2, 0) is 0 Å². The number of ether oxygens (including phenoxy) is 1. The minimum absolute atomic E-state index is 0.226. The van der Waals surface area contributed by atoms with Crippen molar-refractivity contribution in [3.63, 3.8) is 0 Å². The fourth-order valence-corrected chi connectivity index (χ4v) is 1.79. The summed E-state index contributed by atoms with van der Waals surface area (Å²) in [6, 6.07) is 10.4. The lowest BCUT2D eigenvalue weighted by molar-refractivity contribution is 0.0988. The van der Waals surface area contributed by atoms with Crippen LogP contribution in [0, 0.1) is 0 Å². The third-order valence-electron chi connectivity index (χ3n) is 2.69. The largest absolute Gasteiger partial charge is 0.497 e. The summed E-state index contributed by atoms with van der Waals surface area (Å²) in [5, 5.41) is 0.484. The van der Waals surface area contributed by atoms with E-state index in [0.717, 1.165) is 5.69 Å². The van der Waals surface area contributed by atoms with Crippen LogP contribution in [0.15, 0.2) is 42.6 Å². The minimum atomic E-state index is -0.226. The maximum Gasteiger partial charge on any atom is 0.276 e. The second kappa shape index (κ2) is 5.71. The summed E-state index contributed by atoms with van der Waals surface area (Å²) in [4.78, 5) is 17.8. The number of nitrogens with zero attached hydrogens (tertiary/aromatic N) is 2. The van der Waals surface area contributed by atoms with Gasteiger partial charge in [0.25, 0.3) is 5.91 Å². The Labute approximate surface area is 116 Å². The summed E-state index contributed by atoms with van der Waals surface area (Å²) >= 11 is 5.86. The lowest BCUT2D eigenvalue weighted by atomic mass is 10.2. The molecule has 0 bridgehead atoms. The molecule has 1 aromatic carbocycles. The Morgan fingerprint density at radius 3 is 2.79 bits per heavy atom. The Bertz CT molecular complexity index is 602. The molecule has 0 atom stereocenters. The van der Waals surface area contributed by atoms with Gasteiger partial charge in [-0.1, -0.05) is 17.7 Å². The summed E-state index contributed by atoms with van der Waals surface area (Å²) in [6.07, 6.45) is 1.51. The molecule has 2 rings (SSSR count). The molecular formula is C14H13ClN2O2. The van der Waals surface area contributed by atoms with E-state index in [-0.39, 0.29) is 5.91 Å². The van der Waals surface area contributed by atoms with Crippen LogP contribution >= 0.6 is 11.6 Å². The molecule has 0 saturated carbocycles. The molecule has 2 aromatic rings. The van der Waals surface area contributed by atoms with Crippen LogP contribution in [0.3, 0.4) is 0 Å². The molecule has 0 N–H and O–H groups in total. The zero-order valence-electron chi connectivity index (χ0n) is 10.6. The monoisotopic (exact) mass is 276 g/mol. The lowest BCUT2D eigenvalue weighted by Gasteiger charge is -2.17. The highest BCUT2D eigenvalue weighted by atomic mass is 35.5. The number of anilines is 1. The maximum absolute atomic E-state index is 12.3. The number of hydrogen-bond acceptors (Lipinski definition) is 3. The predicted octanol–water partition coefficient (Wildman–Crippen LogP) is 3.02. The van der Waals surface area contributed by atoms with E-state index < -0.39 is 0 Å². The van der Waals surface area contributed by atoms with E-state index in [9.17, 15) is 4.79 Å². The van der Waals surface area contributed by atoms with Gasteiger partial charge in [0, 0.05) is 30.0 Å². The molecular weight excluding hydrogens is 264 g/mol. The molecule has 0 fully saturated rings. The Hall–Kier alpha value is -2.07. The van der Waals surface area contributed by atoms with Gasteiger partial charge in [-0.25, -0.2) is 0 Å². The number of benzene rings is 1. The number of pyridine rings is 1. The molecule has 0 unspecified atom stereocenters. The number of carbonyl (C=O) groups excluding carboxylic acids is 1. The molecule has 5 heteroatoms. The van der Waals surface area contributed by atoms with E-state index in [1.807, 2.05) is 18.2 Å². The van der Waals surface area contributed by atoms with E-state index >= 15 is 0 Å². The van der Waals surface area contributed by atoms with E-state index in [1.54, 1.807) is 32.4 Å². The third-order valence-corrected chi connectivity index (χ3v) is 2.92. The van der Waals surface area contributed by atoms with Gasteiger partial charge >= 0.3 is 0 Å².